The lowest BCUT2D eigenvalue weighted by Gasteiger charge is -2.52. The molecule has 0 aromatic heterocycles. The van der Waals surface area contributed by atoms with Crippen LogP contribution in [0.5, 0.6) is 0 Å². The molecule has 1 spiro atoms. The van der Waals surface area contributed by atoms with Gasteiger partial charge in [-0.15, -0.1) is 0 Å². The first-order chi connectivity index (χ1) is 4.77. The van der Waals surface area contributed by atoms with E-state index in [1.807, 2.05) is 0 Å². The van der Waals surface area contributed by atoms with Crippen LogP contribution in [0.2, 0.25) is 0 Å². The number of carbonyl (C=O) groups excluding carboxylic acids is 1. The van der Waals surface area contributed by atoms with E-state index in [0.717, 1.165) is 32.2 Å². The first-order valence-corrected chi connectivity index (χ1v) is 4.00. The first-order valence-electron chi connectivity index (χ1n) is 4.00. The summed E-state index contributed by atoms with van der Waals surface area (Å²) in [5, 5.41) is 0. The maximum Gasteiger partial charge on any atom is 0.139 e. The lowest BCUT2D eigenvalue weighted by Crippen LogP contribution is -2.52. The Morgan fingerprint density at radius 3 is 2.60 bits per heavy atom. The molecule has 10 heavy (non-hydrogen) atoms. The van der Waals surface area contributed by atoms with Crippen molar-refractivity contribution in [3.8, 4) is 0 Å². The van der Waals surface area contributed by atoms with Crippen molar-refractivity contribution >= 4 is 5.78 Å². The fraction of sp³-hybridized carbons (Fsp3) is 0.875. The Morgan fingerprint density at radius 1 is 1.60 bits per heavy atom. The van der Waals surface area contributed by atoms with E-state index in [2.05, 4.69) is 0 Å². The topological polar surface area (TPSA) is 43.1 Å². The highest BCUT2D eigenvalue weighted by Gasteiger charge is 2.54. The molecule has 0 bridgehead atoms. The maximum atomic E-state index is 11.1. The van der Waals surface area contributed by atoms with Crippen LogP contribution in [-0.4, -0.2) is 12.3 Å². The Morgan fingerprint density at radius 2 is 2.30 bits per heavy atom. The summed E-state index contributed by atoms with van der Waals surface area (Å²) in [5.74, 6) is 1.15. The van der Waals surface area contributed by atoms with Crippen LogP contribution in [0, 0.1) is 11.3 Å². The first kappa shape index (κ1) is 6.35. The van der Waals surface area contributed by atoms with Gasteiger partial charge in [0.2, 0.25) is 0 Å². The van der Waals surface area contributed by atoms with Crippen molar-refractivity contribution in [2.75, 3.05) is 6.54 Å². The smallest absolute Gasteiger partial charge is 0.139 e. The van der Waals surface area contributed by atoms with Gasteiger partial charge in [0, 0.05) is 11.8 Å². The molecule has 2 N–H and O–H groups in total. The number of nitrogens with two attached hydrogens (primary N) is 1. The summed E-state index contributed by atoms with van der Waals surface area (Å²) < 4.78 is 0. The van der Waals surface area contributed by atoms with Crippen LogP contribution < -0.4 is 5.73 Å². The van der Waals surface area contributed by atoms with Gasteiger partial charge < -0.3 is 5.73 Å². The lowest BCUT2D eigenvalue weighted by atomic mass is 9.51. The third kappa shape index (κ3) is 0.601. The molecule has 0 aromatic carbocycles. The highest BCUT2D eigenvalue weighted by molar-refractivity contribution is 5.91. The second-order valence-electron chi connectivity index (χ2n) is 3.71. The quantitative estimate of drug-likeness (QED) is 0.581. The van der Waals surface area contributed by atoms with E-state index in [0.29, 0.717) is 11.7 Å². The molecule has 0 aliphatic heterocycles. The molecule has 0 amide bonds. The zero-order valence-electron chi connectivity index (χ0n) is 6.10. The molecule has 2 fully saturated rings. The van der Waals surface area contributed by atoms with Gasteiger partial charge in [-0.05, 0) is 31.7 Å². The Bertz CT molecular complexity index is 170. The van der Waals surface area contributed by atoms with Crippen molar-refractivity contribution < 1.29 is 4.79 Å². The highest BCUT2D eigenvalue weighted by Crippen LogP contribution is 2.55. The Hall–Kier alpha value is -0.370. The van der Waals surface area contributed by atoms with Crippen LogP contribution in [0.15, 0.2) is 0 Å². The van der Waals surface area contributed by atoms with Gasteiger partial charge in [-0.2, -0.15) is 0 Å². The molecule has 0 unspecified atom stereocenters. The van der Waals surface area contributed by atoms with E-state index < -0.39 is 0 Å². The Labute approximate surface area is 60.8 Å². The minimum Gasteiger partial charge on any atom is -0.330 e. The number of ketones is 1. The molecule has 2 aliphatic carbocycles. The van der Waals surface area contributed by atoms with Crippen LogP contribution in [0.25, 0.3) is 0 Å². The van der Waals surface area contributed by atoms with Crippen molar-refractivity contribution in [1.29, 1.82) is 0 Å². The monoisotopic (exact) mass is 139 g/mol. The van der Waals surface area contributed by atoms with E-state index in [-0.39, 0.29) is 5.41 Å². The second-order valence-corrected chi connectivity index (χ2v) is 3.71. The van der Waals surface area contributed by atoms with Crippen molar-refractivity contribution in [3.05, 3.63) is 0 Å². The van der Waals surface area contributed by atoms with Gasteiger partial charge in [0.25, 0.3) is 0 Å². The molecule has 2 aliphatic rings. The van der Waals surface area contributed by atoms with Crippen LogP contribution in [0.1, 0.15) is 25.7 Å². The molecule has 0 atom stereocenters. The SMILES string of the molecule is NCC1CC2(CCC2=O)C1. The van der Waals surface area contributed by atoms with Gasteiger partial charge >= 0.3 is 0 Å². The third-order valence-corrected chi connectivity index (χ3v) is 3.11. The summed E-state index contributed by atoms with van der Waals surface area (Å²) in [6, 6.07) is 0. The van der Waals surface area contributed by atoms with Crippen molar-refractivity contribution in [2.24, 2.45) is 17.1 Å². The molecular formula is C8H13NO. The Balaban J connectivity index is 1.94. The molecule has 56 valence electrons. The van der Waals surface area contributed by atoms with Crippen LogP contribution >= 0.6 is 0 Å². The molecule has 0 radical (unpaired) electrons. The van der Waals surface area contributed by atoms with Crippen LogP contribution in [0.3, 0.4) is 0 Å². The molecule has 0 saturated heterocycles. The molecule has 2 saturated carbocycles. The summed E-state index contributed by atoms with van der Waals surface area (Å²) >= 11 is 0. The van der Waals surface area contributed by atoms with Gasteiger partial charge in [-0.25, -0.2) is 0 Å². The molecule has 0 aromatic rings. The van der Waals surface area contributed by atoms with Crippen LogP contribution in [0.4, 0.5) is 0 Å². The zero-order valence-corrected chi connectivity index (χ0v) is 6.10. The van der Waals surface area contributed by atoms with Crippen molar-refractivity contribution in [2.45, 2.75) is 25.7 Å². The summed E-state index contributed by atoms with van der Waals surface area (Å²) in [5.41, 5.74) is 5.62. The normalized spacial score (nSPS) is 44.9. The van der Waals surface area contributed by atoms with E-state index >= 15 is 0 Å². The predicted octanol–water partition coefficient (Wildman–Crippen LogP) is 0.704. The minimum absolute atomic E-state index is 0.157. The lowest BCUT2D eigenvalue weighted by molar-refractivity contribution is -0.149. The van der Waals surface area contributed by atoms with Gasteiger partial charge in [0.05, 0.1) is 0 Å². The van der Waals surface area contributed by atoms with E-state index in [1.165, 1.54) is 0 Å². The number of Topliss-reactive ketones (excluding diaryl/α,β-unsaturated/α-hetero) is 1. The van der Waals surface area contributed by atoms with Gasteiger partial charge in [0.1, 0.15) is 5.78 Å². The summed E-state index contributed by atoms with van der Waals surface area (Å²) in [6.07, 6.45) is 4.14. The number of carbonyl (C=O) groups is 1. The Kier molecular flexibility index (Phi) is 1.15. The van der Waals surface area contributed by atoms with Gasteiger partial charge in [-0.3, -0.25) is 4.79 Å². The summed E-state index contributed by atoms with van der Waals surface area (Å²) in [4.78, 5) is 11.1. The number of rotatable bonds is 1. The number of hydrogen-bond donors (Lipinski definition) is 1. The zero-order chi connectivity index (χ0) is 7.19. The standard InChI is InChI=1S/C8H13NO/c9-5-6-3-8(4-6)2-1-7(8)10/h6H,1-5,9H2. The molecule has 2 rings (SSSR count). The summed E-state index contributed by atoms with van der Waals surface area (Å²) in [6.45, 7) is 0.773. The largest absolute Gasteiger partial charge is 0.330 e. The molecule has 2 nitrogen and oxygen atoms in total. The van der Waals surface area contributed by atoms with E-state index in [1.54, 1.807) is 0 Å². The average molecular weight is 139 g/mol. The van der Waals surface area contributed by atoms with Crippen LogP contribution in [-0.2, 0) is 4.79 Å². The maximum absolute atomic E-state index is 11.1. The second kappa shape index (κ2) is 1.82. The van der Waals surface area contributed by atoms with Crippen molar-refractivity contribution in [1.82, 2.24) is 0 Å². The fourth-order valence-corrected chi connectivity index (χ4v) is 2.22. The highest BCUT2D eigenvalue weighted by atomic mass is 16.1. The summed E-state index contributed by atoms with van der Waals surface area (Å²) in [7, 11) is 0. The van der Waals surface area contributed by atoms with Gasteiger partial charge in [0.15, 0.2) is 0 Å². The molecule has 2 heteroatoms. The third-order valence-electron chi connectivity index (χ3n) is 3.11. The molecular weight excluding hydrogens is 126 g/mol. The fourth-order valence-electron chi connectivity index (χ4n) is 2.22. The minimum atomic E-state index is 0.157. The van der Waals surface area contributed by atoms with Crippen molar-refractivity contribution in [3.63, 3.8) is 0 Å². The molecule has 0 heterocycles. The van der Waals surface area contributed by atoms with Gasteiger partial charge in [-0.1, -0.05) is 0 Å². The van der Waals surface area contributed by atoms with E-state index in [9.17, 15) is 4.79 Å². The average Bonchev–Trinajstić information content (AvgIpc) is 1.83. The number of hydrogen-bond acceptors (Lipinski definition) is 2. The van der Waals surface area contributed by atoms with E-state index in [4.69, 9.17) is 5.73 Å². The predicted molar refractivity (Wildman–Crippen MR) is 38.5 cm³/mol.